The van der Waals surface area contributed by atoms with Crippen molar-refractivity contribution in [2.24, 2.45) is 0 Å². The van der Waals surface area contributed by atoms with Crippen molar-refractivity contribution in [3.63, 3.8) is 0 Å². The minimum absolute atomic E-state index is 0. The van der Waals surface area contributed by atoms with Crippen LogP contribution < -0.4 is 0 Å². The van der Waals surface area contributed by atoms with Crippen molar-refractivity contribution in [2.75, 3.05) is 0 Å². The third kappa shape index (κ3) is 9.20. The second-order valence-electron chi connectivity index (χ2n) is 16.2. The summed E-state index contributed by atoms with van der Waals surface area (Å²) in [6, 6.07) is 59.7. The summed E-state index contributed by atoms with van der Waals surface area (Å²) in [5, 5.41) is 0. The summed E-state index contributed by atoms with van der Waals surface area (Å²) in [6.45, 7) is 4.63. The molecule has 1 heterocycles. The zero-order chi connectivity index (χ0) is 38.9. The van der Waals surface area contributed by atoms with Crippen molar-refractivity contribution in [1.29, 1.82) is 0 Å². The molecule has 1 nitrogen and oxygen atoms in total. The van der Waals surface area contributed by atoms with Crippen LogP contribution in [0.15, 0.2) is 158 Å². The van der Waals surface area contributed by atoms with Crippen LogP contribution in [-0.2, 0) is 38.4 Å². The SMILES string of the molecule is CCCCC1(CCCC)c2ccccc2-c2c[c-]c(-c3ccc(-c4cccc(-c5cccc(-c6cccc(CCCCCCc7ccccc7)c6)c5)c4)cn3)cc21.[Ir]. The smallest absolute Gasteiger partial charge is 0.0239 e. The summed E-state index contributed by atoms with van der Waals surface area (Å²) in [6.07, 6.45) is 16.7. The first kappa shape index (κ1) is 41.3. The maximum atomic E-state index is 5.05. The van der Waals surface area contributed by atoms with Crippen LogP contribution in [-0.4, -0.2) is 4.98 Å². The Morgan fingerprint density at radius 1 is 0.466 bits per heavy atom. The van der Waals surface area contributed by atoms with Crippen LogP contribution in [0.5, 0.6) is 0 Å². The van der Waals surface area contributed by atoms with Crippen LogP contribution in [0, 0.1) is 6.07 Å². The molecule has 0 amide bonds. The molecule has 0 spiro atoms. The van der Waals surface area contributed by atoms with Gasteiger partial charge in [-0.1, -0.05) is 191 Å². The molecule has 1 radical (unpaired) electrons. The van der Waals surface area contributed by atoms with E-state index in [0.29, 0.717) is 0 Å². The fraction of sp³-hybridized carbons (Fsp3) is 0.268. The number of hydrogen-bond donors (Lipinski definition) is 0. The molecule has 1 aliphatic rings. The molecule has 0 unspecified atom stereocenters. The Bertz CT molecular complexity index is 2380. The van der Waals surface area contributed by atoms with Gasteiger partial charge in [-0.2, -0.15) is 0 Å². The number of aromatic nitrogens is 1. The first-order valence-corrected chi connectivity index (χ1v) is 21.6. The van der Waals surface area contributed by atoms with E-state index in [-0.39, 0.29) is 25.5 Å². The Morgan fingerprint density at radius 2 is 1.03 bits per heavy atom. The number of aryl methyl sites for hydroxylation is 2. The normalized spacial score (nSPS) is 12.4. The van der Waals surface area contributed by atoms with E-state index in [4.69, 9.17) is 4.98 Å². The van der Waals surface area contributed by atoms with Gasteiger partial charge >= 0.3 is 0 Å². The number of benzene rings is 6. The van der Waals surface area contributed by atoms with Crippen molar-refractivity contribution >= 4 is 0 Å². The van der Waals surface area contributed by atoms with Gasteiger partial charge in [0.2, 0.25) is 0 Å². The third-order valence-electron chi connectivity index (χ3n) is 12.3. The molecular weight excluding hydrogens is 879 g/mol. The predicted molar refractivity (Wildman–Crippen MR) is 242 cm³/mol. The van der Waals surface area contributed by atoms with E-state index in [2.05, 4.69) is 172 Å². The molecule has 0 saturated heterocycles. The summed E-state index contributed by atoms with van der Waals surface area (Å²) in [4.78, 5) is 5.05. The second-order valence-corrected chi connectivity index (χ2v) is 16.2. The maximum absolute atomic E-state index is 5.05. The molecule has 58 heavy (non-hydrogen) atoms. The molecule has 0 saturated carbocycles. The van der Waals surface area contributed by atoms with E-state index in [1.165, 1.54) is 132 Å². The summed E-state index contributed by atoms with van der Waals surface area (Å²) in [5.41, 5.74) is 18.0. The first-order valence-electron chi connectivity index (χ1n) is 21.6. The van der Waals surface area contributed by atoms with E-state index in [0.717, 1.165) is 23.2 Å². The molecule has 0 atom stereocenters. The molecule has 6 aromatic carbocycles. The molecule has 8 rings (SSSR count). The van der Waals surface area contributed by atoms with Gasteiger partial charge in [0, 0.05) is 31.7 Å². The molecule has 1 aliphatic carbocycles. The van der Waals surface area contributed by atoms with E-state index >= 15 is 0 Å². The minimum atomic E-state index is 0. The topological polar surface area (TPSA) is 12.9 Å². The zero-order valence-corrected chi connectivity index (χ0v) is 36.7. The second kappa shape index (κ2) is 19.7. The average molecular weight is 935 g/mol. The van der Waals surface area contributed by atoms with Crippen molar-refractivity contribution in [2.45, 2.75) is 96.3 Å². The molecular formula is C56H56IrN-. The van der Waals surface area contributed by atoms with Crippen LogP contribution in [0.4, 0.5) is 0 Å². The Kier molecular flexibility index (Phi) is 14.0. The van der Waals surface area contributed by atoms with Crippen LogP contribution in [0.25, 0.3) is 55.8 Å². The van der Waals surface area contributed by atoms with Gasteiger partial charge in [-0.3, -0.25) is 0 Å². The quantitative estimate of drug-likeness (QED) is 0.0655. The summed E-state index contributed by atoms with van der Waals surface area (Å²) in [7, 11) is 0. The number of rotatable bonds is 17. The molecule has 0 bridgehead atoms. The molecule has 7 aromatic rings. The van der Waals surface area contributed by atoms with Gasteiger partial charge < -0.3 is 4.98 Å². The minimum Gasteiger partial charge on any atom is -0.304 e. The van der Waals surface area contributed by atoms with Crippen molar-refractivity contribution < 1.29 is 20.1 Å². The Morgan fingerprint density at radius 3 is 1.67 bits per heavy atom. The summed E-state index contributed by atoms with van der Waals surface area (Å²) < 4.78 is 0. The first-order chi connectivity index (χ1) is 28.1. The van der Waals surface area contributed by atoms with Gasteiger partial charge in [0.05, 0.1) is 0 Å². The van der Waals surface area contributed by atoms with Crippen molar-refractivity contribution in [3.05, 3.63) is 186 Å². The van der Waals surface area contributed by atoms with Gasteiger partial charge in [0.1, 0.15) is 0 Å². The molecule has 0 fully saturated rings. The maximum Gasteiger partial charge on any atom is 0.0239 e. The number of unbranched alkanes of at least 4 members (excludes halogenated alkanes) is 5. The van der Waals surface area contributed by atoms with Crippen molar-refractivity contribution in [1.82, 2.24) is 4.98 Å². The molecule has 0 N–H and O–H groups in total. The monoisotopic (exact) mass is 935 g/mol. The number of fused-ring (bicyclic) bond motifs is 3. The van der Waals surface area contributed by atoms with E-state index in [1.807, 2.05) is 6.20 Å². The van der Waals surface area contributed by atoms with Crippen LogP contribution in [0.1, 0.15) is 100 Å². The fourth-order valence-electron chi connectivity index (χ4n) is 9.20. The average Bonchev–Trinajstić information content (AvgIpc) is 3.55. The summed E-state index contributed by atoms with van der Waals surface area (Å²) in [5.74, 6) is 0. The fourth-order valence-corrected chi connectivity index (χ4v) is 9.20. The van der Waals surface area contributed by atoms with Gasteiger partial charge in [-0.25, -0.2) is 0 Å². The predicted octanol–water partition coefficient (Wildman–Crippen LogP) is 15.5. The van der Waals surface area contributed by atoms with Gasteiger partial charge in [-0.15, -0.1) is 29.3 Å². The zero-order valence-electron chi connectivity index (χ0n) is 34.3. The molecule has 1 aromatic heterocycles. The summed E-state index contributed by atoms with van der Waals surface area (Å²) >= 11 is 0. The van der Waals surface area contributed by atoms with Crippen LogP contribution in [0.3, 0.4) is 0 Å². The molecule has 2 heteroatoms. The number of nitrogens with zero attached hydrogens (tertiary/aromatic N) is 1. The Hall–Kier alpha value is -4.88. The Labute approximate surface area is 361 Å². The molecule has 0 aliphatic heterocycles. The number of pyridine rings is 1. The number of hydrogen-bond acceptors (Lipinski definition) is 1. The van der Waals surface area contributed by atoms with Gasteiger partial charge in [0.15, 0.2) is 0 Å². The van der Waals surface area contributed by atoms with E-state index in [1.54, 1.807) is 0 Å². The standard InChI is InChI=1S/C56H56N.Ir/c1-3-5-35-56(36-6-4-2)53-30-15-14-29-51(53)52-33-31-49(40-54(52)56)55-34-32-50(41-57-55)48-28-18-27-47(39-48)46-26-17-25-45(38-46)44-24-16-23-43(37-44)22-11-8-7-10-19-42-20-12-9-13-21-42;/h9,12-18,20-21,23-30,32-34,37-41H,3-8,10-11,19,22,35-36H2,1-2H3;/q-1;. The van der Waals surface area contributed by atoms with Crippen LogP contribution >= 0.6 is 0 Å². The van der Waals surface area contributed by atoms with Gasteiger partial charge in [-0.05, 0) is 106 Å². The van der Waals surface area contributed by atoms with E-state index in [9.17, 15) is 0 Å². The third-order valence-corrected chi connectivity index (χ3v) is 12.3. The Balaban J connectivity index is 0.00000512. The van der Waals surface area contributed by atoms with Crippen LogP contribution in [0.2, 0.25) is 0 Å². The van der Waals surface area contributed by atoms with Crippen molar-refractivity contribution in [3.8, 4) is 55.8 Å². The van der Waals surface area contributed by atoms with Gasteiger partial charge in [0.25, 0.3) is 0 Å². The van der Waals surface area contributed by atoms with E-state index < -0.39 is 0 Å². The molecule has 295 valence electrons. The largest absolute Gasteiger partial charge is 0.304 e.